The van der Waals surface area contributed by atoms with E-state index in [1.165, 1.54) is 17.0 Å². The van der Waals surface area contributed by atoms with Crippen LogP contribution in [-0.4, -0.2) is 35.5 Å². The number of aromatic nitrogens is 1. The summed E-state index contributed by atoms with van der Waals surface area (Å²) in [6.07, 6.45) is -0.378. The molecule has 0 atom stereocenters. The zero-order valence-corrected chi connectivity index (χ0v) is 20.9. The second-order valence-corrected chi connectivity index (χ2v) is 8.26. The normalized spacial score (nSPS) is 10.7. The number of aromatic hydroxyl groups is 1. The fraction of sp³-hybridized carbons (Fsp3) is 0.207. The first-order valence-electron chi connectivity index (χ1n) is 12.0. The first-order valence-corrected chi connectivity index (χ1v) is 12.0. The number of carbonyl (C=O) groups is 2. The summed E-state index contributed by atoms with van der Waals surface area (Å²) in [5.74, 6) is 0.158. The number of phenols is 1. The number of anilines is 2. The van der Waals surface area contributed by atoms with E-state index in [4.69, 9.17) is 14.0 Å². The first kappa shape index (κ1) is 25.5. The highest BCUT2D eigenvalue weighted by atomic mass is 16.6. The molecular weight excluding hydrogens is 472 g/mol. The Bertz CT molecular complexity index is 1380. The Balaban J connectivity index is 1.64. The molecule has 190 valence electrons. The summed E-state index contributed by atoms with van der Waals surface area (Å²) >= 11 is 0. The molecule has 0 saturated heterocycles. The van der Waals surface area contributed by atoms with E-state index >= 15 is 0 Å². The molecule has 4 rings (SSSR count). The Kier molecular flexibility index (Phi) is 7.88. The molecule has 0 bridgehead atoms. The molecule has 0 aliphatic rings. The molecule has 8 nitrogen and oxygen atoms in total. The van der Waals surface area contributed by atoms with E-state index in [0.717, 1.165) is 16.7 Å². The van der Waals surface area contributed by atoms with E-state index in [-0.39, 0.29) is 24.7 Å². The van der Waals surface area contributed by atoms with Crippen molar-refractivity contribution >= 4 is 23.4 Å². The highest BCUT2D eigenvalue weighted by molar-refractivity contribution is 6.00. The number of hydrogen-bond donors (Lipinski definition) is 1. The quantitative estimate of drug-likeness (QED) is 0.278. The van der Waals surface area contributed by atoms with Gasteiger partial charge >= 0.3 is 12.1 Å². The fourth-order valence-corrected chi connectivity index (χ4v) is 3.97. The molecule has 37 heavy (non-hydrogen) atoms. The Morgan fingerprint density at radius 3 is 2.14 bits per heavy atom. The zero-order chi connectivity index (χ0) is 26.4. The van der Waals surface area contributed by atoms with Crippen LogP contribution < -0.4 is 4.90 Å². The van der Waals surface area contributed by atoms with Crippen LogP contribution in [0.4, 0.5) is 16.2 Å². The Hall–Kier alpha value is -4.59. The number of rotatable bonds is 8. The van der Waals surface area contributed by atoms with Crippen LogP contribution in [0.2, 0.25) is 0 Å². The third-order valence-electron chi connectivity index (χ3n) is 5.68. The van der Waals surface area contributed by atoms with Crippen molar-refractivity contribution in [3.63, 3.8) is 0 Å². The number of benzene rings is 3. The number of aryl methyl sites for hydroxylation is 1. The molecular formula is C29H28N2O6. The molecule has 3 aromatic carbocycles. The fourth-order valence-electron chi connectivity index (χ4n) is 3.97. The molecule has 1 N–H and O–H groups in total. The second kappa shape index (κ2) is 11.4. The lowest BCUT2D eigenvalue weighted by Gasteiger charge is -2.22. The van der Waals surface area contributed by atoms with E-state index in [1.807, 2.05) is 48.5 Å². The minimum atomic E-state index is -0.611. The summed E-state index contributed by atoms with van der Waals surface area (Å²) in [4.78, 5) is 26.1. The van der Waals surface area contributed by atoms with Crippen LogP contribution in [0.25, 0.3) is 22.5 Å². The van der Waals surface area contributed by atoms with Gasteiger partial charge in [-0.2, -0.15) is 0 Å². The standard InChI is InChI=1S/C29H28N2O6/c1-4-35-26(33)17-20-9-11-21(12-10-20)22-13-15-23(16-14-22)28-27(19(3)30-37-28)31(29(34)36-5-2)24-7-6-8-25(32)18-24/h6-16,18,32H,4-5,17H2,1-3H3. The summed E-state index contributed by atoms with van der Waals surface area (Å²) in [5, 5.41) is 14.1. The van der Waals surface area contributed by atoms with E-state index in [2.05, 4.69) is 5.16 Å². The molecule has 1 aromatic heterocycles. The van der Waals surface area contributed by atoms with Crippen molar-refractivity contribution in [1.82, 2.24) is 5.16 Å². The molecule has 1 amide bonds. The number of nitrogens with zero attached hydrogens (tertiary/aromatic N) is 2. The third kappa shape index (κ3) is 5.81. The van der Waals surface area contributed by atoms with Gasteiger partial charge in [0.1, 0.15) is 17.1 Å². The molecule has 1 heterocycles. The first-order chi connectivity index (χ1) is 17.9. The lowest BCUT2D eigenvalue weighted by molar-refractivity contribution is -0.142. The second-order valence-electron chi connectivity index (χ2n) is 8.26. The minimum Gasteiger partial charge on any atom is -0.508 e. The van der Waals surface area contributed by atoms with E-state index in [0.29, 0.717) is 35.0 Å². The molecule has 0 radical (unpaired) electrons. The molecule has 0 saturated carbocycles. The third-order valence-corrected chi connectivity index (χ3v) is 5.68. The van der Waals surface area contributed by atoms with Crippen molar-refractivity contribution in [2.24, 2.45) is 0 Å². The van der Waals surface area contributed by atoms with Gasteiger partial charge in [-0.1, -0.05) is 59.8 Å². The summed E-state index contributed by atoms with van der Waals surface area (Å²) in [6, 6.07) is 21.7. The molecule has 0 fully saturated rings. The van der Waals surface area contributed by atoms with Gasteiger partial charge in [-0.3, -0.25) is 4.79 Å². The average molecular weight is 501 g/mol. The van der Waals surface area contributed by atoms with E-state index < -0.39 is 6.09 Å². The predicted molar refractivity (Wildman–Crippen MR) is 140 cm³/mol. The summed E-state index contributed by atoms with van der Waals surface area (Å²) < 4.78 is 16.0. The lowest BCUT2D eigenvalue weighted by atomic mass is 10.0. The maximum atomic E-state index is 13.0. The van der Waals surface area contributed by atoms with Crippen LogP contribution in [0, 0.1) is 6.92 Å². The maximum absolute atomic E-state index is 13.0. The van der Waals surface area contributed by atoms with Gasteiger partial charge in [0.05, 0.1) is 25.3 Å². The number of ether oxygens (including phenoxy) is 2. The van der Waals surface area contributed by atoms with Crippen molar-refractivity contribution < 1.29 is 28.7 Å². The maximum Gasteiger partial charge on any atom is 0.419 e. The molecule has 0 aliphatic heterocycles. The number of hydrogen-bond acceptors (Lipinski definition) is 7. The smallest absolute Gasteiger partial charge is 0.419 e. The molecule has 8 heteroatoms. The monoisotopic (exact) mass is 500 g/mol. The van der Waals surface area contributed by atoms with Crippen molar-refractivity contribution in [2.45, 2.75) is 27.2 Å². The largest absolute Gasteiger partial charge is 0.508 e. The van der Waals surface area contributed by atoms with Gasteiger partial charge in [0.2, 0.25) is 0 Å². The van der Waals surface area contributed by atoms with Crippen molar-refractivity contribution in [2.75, 3.05) is 18.1 Å². The van der Waals surface area contributed by atoms with Gasteiger partial charge in [0.25, 0.3) is 0 Å². The highest BCUT2D eigenvalue weighted by Crippen LogP contribution is 2.39. The minimum absolute atomic E-state index is 0.0140. The van der Waals surface area contributed by atoms with Crippen molar-refractivity contribution in [1.29, 1.82) is 0 Å². The topological polar surface area (TPSA) is 102 Å². The van der Waals surface area contributed by atoms with Gasteiger partial charge in [-0.15, -0.1) is 0 Å². The highest BCUT2D eigenvalue weighted by Gasteiger charge is 2.29. The number of carbonyl (C=O) groups excluding carboxylic acids is 2. The Morgan fingerprint density at radius 1 is 0.892 bits per heavy atom. The molecule has 4 aromatic rings. The van der Waals surface area contributed by atoms with Gasteiger partial charge in [0, 0.05) is 11.6 Å². The SMILES string of the molecule is CCOC(=O)Cc1ccc(-c2ccc(-c3onc(C)c3N(C(=O)OCC)c3cccc(O)c3)cc2)cc1. The molecule has 0 unspecified atom stereocenters. The van der Waals surface area contributed by atoms with Crippen LogP contribution in [0.1, 0.15) is 25.1 Å². The van der Waals surface area contributed by atoms with Gasteiger partial charge in [-0.05, 0) is 49.6 Å². The van der Waals surface area contributed by atoms with E-state index in [1.54, 1.807) is 32.9 Å². The zero-order valence-electron chi connectivity index (χ0n) is 20.9. The van der Waals surface area contributed by atoms with Crippen LogP contribution in [0.3, 0.4) is 0 Å². The number of esters is 1. The average Bonchev–Trinajstić information content (AvgIpc) is 3.26. The van der Waals surface area contributed by atoms with Gasteiger partial charge < -0.3 is 19.1 Å². The van der Waals surface area contributed by atoms with Crippen LogP contribution in [0.5, 0.6) is 5.75 Å². The summed E-state index contributed by atoms with van der Waals surface area (Å²) in [6.45, 7) is 5.79. The predicted octanol–water partition coefficient (Wildman–Crippen LogP) is 6.42. The summed E-state index contributed by atoms with van der Waals surface area (Å²) in [5.41, 5.74) is 4.90. The van der Waals surface area contributed by atoms with E-state index in [9.17, 15) is 14.7 Å². The number of amides is 1. The molecule has 0 aliphatic carbocycles. The molecule has 0 spiro atoms. The van der Waals surface area contributed by atoms with Crippen LogP contribution >= 0.6 is 0 Å². The lowest BCUT2D eigenvalue weighted by Crippen LogP contribution is -2.27. The van der Waals surface area contributed by atoms with Gasteiger partial charge in [-0.25, -0.2) is 9.69 Å². The Labute approximate surface area is 215 Å². The van der Waals surface area contributed by atoms with Gasteiger partial charge in [0.15, 0.2) is 5.76 Å². The Morgan fingerprint density at radius 2 is 1.51 bits per heavy atom. The van der Waals surface area contributed by atoms with Crippen LogP contribution in [0.15, 0.2) is 77.3 Å². The van der Waals surface area contributed by atoms with Crippen molar-refractivity contribution in [3.05, 3.63) is 84.1 Å². The van der Waals surface area contributed by atoms with Crippen LogP contribution in [-0.2, 0) is 20.7 Å². The van der Waals surface area contributed by atoms with Crippen molar-refractivity contribution in [3.8, 4) is 28.2 Å². The number of phenolic OH excluding ortho intramolecular Hbond substituents is 1. The summed E-state index contributed by atoms with van der Waals surface area (Å²) in [7, 11) is 0.